The summed E-state index contributed by atoms with van der Waals surface area (Å²) in [4.78, 5) is 0.0468. The van der Waals surface area contributed by atoms with Gasteiger partial charge >= 0.3 is 0 Å². The van der Waals surface area contributed by atoms with Crippen LogP contribution in [0.1, 0.15) is 6.42 Å². The molecule has 0 aliphatic carbocycles. The molecule has 1 atom stereocenters. The lowest BCUT2D eigenvalue weighted by molar-refractivity contribution is 0.141. The number of halogens is 1. The van der Waals surface area contributed by atoms with Gasteiger partial charge in [-0.15, -0.1) is 0 Å². The Morgan fingerprint density at radius 2 is 2.25 bits per heavy atom. The summed E-state index contributed by atoms with van der Waals surface area (Å²) in [5.41, 5.74) is 0. The van der Waals surface area contributed by atoms with Crippen LogP contribution in [-0.2, 0) is 13.8 Å². The van der Waals surface area contributed by atoms with E-state index in [1.54, 1.807) is 12.1 Å². The van der Waals surface area contributed by atoms with E-state index in [4.69, 9.17) is 20.2 Å². The minimum Gasteiger partial charge on any atom is -0.488 e. The fraction of sp³-hybridized carbons (Fsp3) is 0.400. The molecule has 1 aliphatic heterocycles. The molecule has 1 saturated heterocycles. The molecule has 1 unspecified atom stereocenters. The van der Waals surface area contributed by atoms with E-state index in [0.29, 0.717) is 19.0 Å². The van der Waals surface area contributed by atoms with Crippen molar-refractivity contribution >= 4 is 19.7 Å². The first-order valence-electron chi connectivity index (χ1n) is 4.85. The Kier molecular flexibility index (Phi) is 3.37. The zero-order valence-electron chi connectivity index (χ0n) is 8.43. The Morgan fingerprint density at radius 1 is 1.44 bits per heavy atom. The molecule has 16 heavy (non-hydrogen) atoms. The highest BCUT2D eigenvalue weighted by atomic mass is 35.7. The predicted molar refractivity (Wildman–Crippen MR) is 59.3 cm³/mol. The fourth-order valence-electron chi connectivity index (χ4n) is 1.50. The normalized spacial score (nSPS) is 20.9. The van der Waals surface area contributed by atoms with E-state index in [1.807, 2.05) is 0 Å². The fourth-order valence-corrected chi connectivity index (χ4v) is 2.28. The second kappa shape index (κ2) is 4.61. The summed E-state index contributed by atoms with van der Waals surface area (Å²) in [6.45, 7) is 1.22. The molecule has 1 heterocycles. The molecule has 0 amide bonds. The first kappa shape index (κ1) is 11.7. The maximum absolute atomic E-state index is 11.1. The van der Waals surface area contributed by atoms with Gasteiger partial charge in [0, 0.05) is 23.2 Å². The lowest BCUT2D eigenvalue weighted by Gasteiger charge is -2.11. The van der Waals surface area contributed by atoms with E-state index < -0.39 is 9.05 Å². The van der Waals surface area contributed by atoms with Crippen molar-refractivity contribution in [2.24, 2.45) is 0 Å². The van der Waals surface area contributed by atoms with Crippen LogP contribution in [0.15, 0.2) is 29.2 Å². The summed E-state index contributed by atoms with van der Waals surface area (Å²) in [6, 6.07) is 6.14. The molecule has 1 aromatic rings. The Labute approximate surface area is 98.5 Å². The largest absolute Gasteiger partial charge is 0.488 e. The van der Waals surface area contributed by atoms with Crippen molar-refractivity contribution in [1.29, 1.82) is 0 Å². The van der Waals surface area contributed by atoms with E-state index in [1.165, 1.54) is 12.1 Å². The van der Waals surface area contributed by atoms with Crippen molar-refractivity contribution in [3.63, 3.8) is 0 Å². The average Bonchev–Trinajstić information content (AvgIpc) is 2.70. The standard InChI is InChI=1S/C10H11ClO4S/c11-16(12,13)10-3-1-2-8(6-10)15-9-4-5-14-7-9/h1-3,6,9H,4-5,7H2. The molecular weight excluding hydrogens is 252 g/mol. The highest BCUT2D eigenvalue weighted by molar-refractivity contribution is 8.13. The topological polar surface area (TPSA) is 52.6 Å². The van der Waals surface area contributed by atoms with Crippen molar-refractivity contribution in [2.75, 3.05) is 13.2 Å². The summed E-state index contributed by atoms with van der Waals surface area (Å²) in [6.07, 6.45) is 0.811. The molecule has 0 bridgehead atoms. The van der Waals surface area contributed by atoms with E-state index in [-0.39, 0.29) is 11.0 Å². The molecule has 0 saturated carbocycles. The van der Waals surface area contributed by atoms with Crippen LogP contribution >= 0.6 is 10.7 Å². The van der Waals surface area contributed by atoms with Gasteiger partial charge in [0.25, 0.3) is 9.05 Å². The summed E-state index contributed by atoms with van der Waals surface area (Å²) in [7, 11) is 1.54. The molecule has 0 N–H and O–H groups in total. The van der Waals surface area contributed by atoms with Crippen LogP contribution in [0.2, 0.25) is 0 Å². The second-order valence-electron chi connectivity index (χ2n) is 3.52. The lowest BCUT2D eigenvalue weighted by Crippen LogP contribution is -2.15. The Hall–Kier alpha value is -0.780. The van der Waals surface area contributed by atoms with Gasteiger partial charge in [-0.3, -0.25) is 0 Å². The van der Waals surface area contributed by atoms with Gasteiger partial charge in [0.15, 0.2) is 0 Å². The maximum atomic E-state index is 11.1. The van der Waals surface area contributed by atoms with E-state index in [0.717, 1.165) is 6.42 Å². The quantitative estimate of drug-likeness (QED) is 0.780. The van der Waals surface area contributed by atoms with Crippen molar-refractivity contribution in [2.45, 2.75) is 17.4 Å². The zero-order chi connectivity index (χ0) is 11.6. The van der Waals surface area contributed by atoms with Gasteiger partial charge in [0.1, 0.15) is 11.9 Å². The van der Waals surface area contributed by atoms with Crippen molar-refractivity contribution in [1.82, 2.24) is 0 Å². The van der Waals surface area contributed by atoms with Crippen LogP contribution in [-0.4, -0.2) is 27.7 Å². The first-order chi connectivity index (χ1) is 7.55. The van der Waals surface area contributed by atoms with Crippen LogP contribution in [0.25, 0.3) is 0 Å². The highest BCUT2D eigenvalue weighted by Crippen LogP contribution is 2.22. The molecule has 1 aromatic carbocycles. The van der Waals surface area contributed by atoms with E-state index >= 15 is 0 Å². The minimum absolute atomic E-state index is 0.00622. The molecule has 0 spiro atoms. The van der Waals surface area contributed by atoms with Gasteiger partial charge in [-0.1, -0.05) is 6.07 Å². The Balaban J connectivity index is 2.16. The van der Waals surface area contributed by atoms with Gasteiger partial charge in [0.2, 0.25) is 0 Å². The molecule has 1 fully saturated rings. The monoisotopic (exact) mass is 262 g/mol. The second-order valence-corrected chi connectivity index (χ2v) is 6.08. The van der Waals surface area contributed by atoms with Gasteiger partial charge in [-0.2, -0.15) is 0 Å². The molecule has 4 nitrogen and oxygen atoms in total. The summed E-state index contributed by atoms with van der Waals surface area (Å²) >= 11 is 0. The average molecular weight is 263 g/mol. The third kappa shape index (κ3) is 2.87. The summed E-state index contributed by atoms with van der Waals surface area (Å²) in [5.74, 6) is 0.497. The van der Waals surface area contributed by atoms with Crippen molar-refractivity contribution in [3.05, 3.63) is 24.3 Å². The highest BCUT2D eigenvalue weighted by Gasteiger charge is 2.18. The van der Waals surface area contributed by atoms with Crippen molar-refractivity contribution in [3.8, 4) is 5.75 Å². The molecule has 88 valence electrons. The van der Waals surface area contributed by atoms with Crippen LogP contribution < -0.4 is 4.74 Å². The van der Waals surface area contributed by atoms with Gasteiger partial charge in [-0.25, -0.2) is 8.42 Å². The Bertz CT molecular complexity index is 465. The Morgan fingerprint density at radius 3 is 2.88 bits per heavy atom. The third-order valence-corrected chi connectivity index (χ3v) is 3.63. The number of hydrogen-bond donors (Lipinski definition) is 0. The predicted octanol–water partition coefficient (Wildman–Crippen LogP) is 1.78. The summed E-state index contributed by atoms with van der Waals surface area (Å²) < 4.78 is 32.9. The van der Waals surface area contributed by atoms with E-state index in [2.05, 4.69) is 0 Å². The van der Waals surface area contributed by atoms with Crippen molar-refractivity contribution < 1.29 is 17.9 Å². The van der Waals surface area contributed by atoms with Gasteiger partial charge in [0.05, 0.1) is 18.1 Å². The molecule has 2 rings (SSSR count). The smallest absolute Gasteiger partial charge is 0.261 e. The molecule has 6 heteroatoms. The van der Waals surface area contributed by atoms with E-state index in [9.17, 15) is 8.42 Å². The molecule has 1 aliphatic rings. The molecule has 0 radical (unpaired) electrons. The number of rotatable bonds is 3. The number of benzene rings is 1. The van der Waals surface area contributed by atoms with Crippen LogP contribution in [0.4, 0.5) is 0 Å². The zero-order valence-corrected chi connectivity index (χ0v) is 10.00. The number of hydrogen-bond acceptors (Lipinski definition) is 4. The molecular formula is C10H11ClO4S. The van der Waals surface area contributed by atoms with Gasteiger partial charge < -0.3 is 9.47 Å². The maximum Gasteiger partial charge on any atom is 0.261 e. The van der Waals surface area contributed by atoms with Crippen LogP contribution in [0, 0.1) is 0 Å². The lowest BCUT2D eigenvalue weighted by atomic mass is 10.3. The first-order valence-corrected chi connectivity index (χ1v) is 7.16. The minimum atomic E-state index is -3.70. The van der Waals surface area contributed by atoms with Crippen LogP contribution in [0.5, 0.6) is 5.75 Å². The molecule has 0 aromatic heterocycles. The SMILES string of the molecule is O=S(=O)(Cl)c1cccc(OC2CCOC2)c1. The number of ether oxygens (including phenoxy) is 2. The summed E-state index contributed by atoms with van der Waals surface area (Å²) in [5, 5.41) is 0. The van der Waals surface area contributed by atoms with Crippen LogP contribution in [0.3, 0.4) is 0 Å². The van der Waals surface area contributed by atoms with Gasteiger partial charge in [-0.05, 0) is 12.1 Å². The third-order valence-electron chi connectivity index (χ3n) is 2.28.